The van der Waals surface area contributed by atoms with E-state index in [1.807, 2.05) is 67.3 Å². The molecule has 1 saturated heterocycles. The average molecular weight is 437 g/mol. The molecule has 0 saturated carbocycles. The van der Waals surface area contributed by atoms with E-state index in [2.05, 4.69) is 15.5 Å². The lowest BCUT2D eigenvalue weighted by molar-refractivity contribution is -0.133. The molecular weight excluding hydrogens is 404 g/mol. The molecule has 2 N–H and O–H groups in total. The van der Waals surface area contributed by atoms with Crippen LogP contribution in [0, 0.1) is 13.8 Å². The molecule has 170 valence electrons. The number of amides is 3. The number of benzene rings is 2. The second-order valence-corrected chi connectivity index (χ2v) is 8.44. The molecule has 7 nitrogen and oxygen atoms in total. The standard InChI is InChI=1S/C25H32N4O3/c1-18-4-8-21(9-5-18)23(26-20(3)30)16-25(32)29-14-12-28(13-15-29)17-24(31)27-22-10-6-19(2)7-11-22/h4-11,23H,12-17H2,1-3H3,(H,26,30)(H,27,31)/t23-/m1/s1. The average Bonchev–Trinajstić information content (AvgIpc) is 2.75. The van der Waals surface area contributed by atoms with Gasteiger partial charge in [0, 0.05) is 38.8 Å². The zero-order valence-electron chi connectivity index (χ0n) is 19.1. The van der Waals surface area contributed by atoms with Crippen LogP contribution in [0.1, 0.15) is 36.1 Å². The van der Waals surface area contributed by atoms with Crippen LogP contribution in [-0.4, -0.2) is 60.2 Å². The maximum atomic E-state index is 12.9. The highest BCUT2D eigenvalue weighted by atomic mass is 16.2. The van der Waals surface area contributed by atoms with Gasteiger partial charge >= 0.3 is 0 Å². The largest absolute Gasteiger partial charge is 0.349 e. The third-order valence-corrected chi connectivity index (χ3v) is 5.66. The SMILES string of the molecule is CC(=O)N[C@H](CC(=O)N1CCN(CC(=O)Nc2ccc(C)cc2)CC1)c1ccc(C)cc1. The fraction of sp³-hybridized carbons (Fsp3) is 0.400. The van der Waals surface area contributed by atoms with Gasteiger partial charge in [0.15, 0.2) is 0 Å². The molecule has 0 bridgehead atoms. The summed E-state index contributed by atoms with van der Waals surface area (Å²) < 4.78 is 0. The van der Waals surface area contributed by atoms with Gasteiger partial charge in [0.2, 0.25) is 17.7 Å². The Morgan fingerprint density at radius 3 is 2.00 bits per heavy atom. The molecule has 2 aromatic carbocycles. The molecule has 1 atom stereocenters. The zero-order chi connectivity index (χ0) is 23.1. The number of rotatable bonds is 7. The van der Waals surface area contributed by atoms with E-state index in [9.17, 15) is 14.4 Å². The summed E-state index contributed by atoms with van der Waals surface area (Å²) in [7, 11) is 0. The van der Waals surface area contributed by atoms with Gasteiger partial charge in [-0.25, -0.2) is 0 Å². The van der Waals surface area contributed by atoms with Crippen molar-refractivity contribution in [1.29, 1.82) is 0 Å². The number of hydrogen-bond donors (Lipinski definition) is 2. The van der Waals surface area contributed by atoms with E-state index in [-0.39, 0.29) is 30.2 Å². The fourth-order valence-corrected chi connectivity index (χ4v) is 3.80. The minimum atomic E-state index is -0.348. The molecule has 0 spiro atoms. The van der Waals surface area contributed by atoms with Crippen molar-refractivity contribution in [2.24, 2.45) is 0 Å². The first-order chi connectivity index (χ1) is 15.3. The molecule has 32 heavy (non-hydrogen) atoms. The Labute approximate surface area is 189 Å². The van der Waals surface area contributed by atoms with E-state index in [1.165, 1.54) is 6.92 Å². The molecule has 1 heterocycles. The Morgan fingerprint density at radius 1 is 0.875 bits per heavy atom. The van der Waals surface area contributed by atoms with Crippen LogP contribution in [0.4, 0.5) is 5.69 Å². The summed E-state index contributed by atoms with van der Waals surface area (Å²) in [6.07, 6.45) is 0.219. The number of carbonyl (C=O) groups excluding carboxylic acids is 3. The summed E-state index contributed by atoms with van der Waals surface area (Å²) in [6.45, 7) is 8.19. The Bertz CT molecular complexity index is 933. The molecule has 1 aliphatic rings. The first kappa shape index (κ1) is 23.5. The molecule has 0 aromatic heterocycles. The highest BCUT2D eigenvalue weighted by molar-refractivity contribution is 5.92. The monoisotopic (exact) mass is 436 g/mol. The molecule has 3 amide bonds. The van der Waals surface area contributed by atoms with Gasteiger partial charge in [0.05, 0.1) is 19.0 Å². The van der Waals surface area contributed by atoms with Crippen LogP contribution in [0.2, 0.25) is 0 Å². The highest BCUT2D eigenvalue weighted by Crippen LogP contribution is 2.19. The minimum absolute atomic E-state index is 0.00748. The Balaban J connectivity index is 1.49. The number of anilines is 1. The molecule has 1 fully saturated rings. The third kappa shape index (κ3) is 6.92. The number of nitrogens with zero attached hydrogens (tertiary/aromatic N) is 2. The van der Waals surface area contributed by atoms with E-state index in [4.69, 9.17) is 0 Å². The molecule has 0 aliphatic carbocycles. The summed E-state index contributed by atoms with van der Waals surface area (Å²) >= 11 is 0. The zero-order valence-corrected chi connectivity index (χ0v) is 19.1. The third-order valence-electron chi connectivity index (χ3n) is 5.66. The number of carbonyl (C=O) groups is 3. The highest BCUT2D eigenvalue weighted by Gasteiger charge is 2.25. The van der Waals surface area contributed by atoms with Crippen molar-refractivity contribution in [3.63, 3.8) is 0 Å². The molecule has 1 aliphatic heterocycles. The summed E-state index contributed by atoms with van der Waals surface area (Å²) in [6, 6.07) is 15.2. The van der Waals surface area contributed by atoms with E-state index in [0.717, 1.165) is 22.4 Å². The van der Waals surface area contributed by atoms with E-state index in [0.29, 0.717) is 32.7 Å². The Hall–Kier alpha value is -3.19. The topological polar surface area (TPSA) is 81.8 Å². The van der Waals surface area contributed by atoms with E-state index < -0.39 is 0 Å². The van der Waals surface area contributed by atoms with Crippen molar-refractivity contribution in [3.05, 3.63) is 65.2 Å². The number of aryl methyl sites for hydroxylation is 2. The van der Waals surface area contributed by atoms with Crippen LogP contribution in [0.25, 0.3) is 0 Å². The summed E-state index contributed by atoms with van der Waals surface area (Å²) in [5.41, 5.74) is 3.98. The summed E-state index contributed by atoms with van der Waals surface area (Å²) in [5.74, 6) is -0.209. The van der Waals surface area contributed by atoms with Crippen LogP contribution in [0.3, 0.4) is 0 Å². The fourth-order valence-electron chi connectivity index (χ4n) is 3.80. The van der Waals surface area contributed by atoms with Crippen molar-refractivity contribution in [2.45, 2.75) is 33.2 Å². The van der Waals surface area contributed by atoms with Crippen molar-refractivity contribution < 1.29 is 14.4 Å². The van der Waals surface area contributed by atoms with E-state index in [1.54, 1.807) is 0 Å². The second kappa shape index (κ2) is 10.9. The lowest BCUT2D eigenvalue weighted by atomic mass is 10.0. The van der Waals surface area contributed by atoms with Crippen LogP contribution >= 0.6 is 0 Å². The smallest absolute Gasteiger partial charge is 0.238 e. The van der Waals surface area contributed by atoms with Gasteiger partial charge in [-0.3, -0.25) is 19.3 Å². The van der Waals surface area contributed by atoms with Crippen molar-refractivity contribution in [3.8, 4) is 0 Å². The number of nitrogens with one attached hydrogen (secondary N) is 2. The molecular formula is C25H32N4O3. The minimum Gasteiger partial charge on any atom is -0.349 e. The van der Waals surface area contributed by atoms with Crippen molar-refractivity contribution >= 4 is 23.4 Å². The summed E-state index contributed by atoms with van der Waals surface area (Å²) in [5, 5.41) is 5.81. The Kier molecular flexibility index (Phi) is 8.00. The molecule has 0 radical (unpaired) electrons. The molecule has 2 aromatic rings. The quantitative estimate of drug-likeness (QED) is 0.699. The summed E-state index contributed by atoms with van der Waals surface area (Å²) in [4.78, 5) is 40.8. The van der Waals surface area contributed by atoms with Gasteiger partial charge in [-0.05, 0) is 31.5 Å². The first-order valence-corrected chi connectivity index (χ1v) is 11.0. The van der Waals surface area contributed by atoms with Gasteiger partial charge in [-0.15, -0.1) is 0 Å². The van der Waals surface area contributed by atoms with Crippen molar-refractivity contribution in [2.75, 3.05) is 38.0 Å². The van der Waals surface area contributed by atoms with Gasteiger partial charge in [0.25, 0.3) is 0 Å². The molecule has 0 unspecified atom stereocenters. The number of piperazine rings is 1. The van der Waals surface area contributed by atoms with Crippen LogP contribution in [0.15, 0.2) is 48.5 Å². The molecule has 7 heteroatoms. The van der Waals surface area contributed by atoms with Crippen LogP contribution in [0.5, 0.6) is 0 Å². The van der Waals surface area contributed by atoms with E-state index >= 15 is 0 Å². The predicted molar refractivity (Wildman–Crippen MR) is 125 cm³/mol. The van der Waals surface area contributed by atoms with Gasteiger partial charge in [-0.1, -0.05) is 47.5 Å². The van der Waals surface area contributed by atoms with Gasteiger partial charge in [-0.2, -0.15) is 0 Å². The molecule has 3 rings (SSSR count). The maximum absolute atomic E-state index is 12.9. The lowest BCUT2D eigenvalue weighted by Gasteiger charge is -2.35. The van der Waals surface area contributed by atoms with Crippen LogP contribution < -0.4 is 10.6 Å². The lowest BCUT2D eigenvalue weighted by Crippen LogP contribution is -2.51. The van der Waals surface area contributed by atoms with Crippen LogP contribution in [-0.2, 0) is 14.4 Å². The second-order valence-electron chi connectivity index (χ2n) is 8.44. The Morgan fingerprint density at radius 2 is 1.44 bits per heavy atom. The predicted octanol–water partition coefficient (Wildman–Crippen LogP) is 2.65. The number of hydrogen-bond acceptors (Lipinski definition) is 4. The van der Waals surface area contributed by atoms with Crippen molar-refractivity contribution in [1.82, 2.24) is 15.1 Å². The van der Waals surface area contributed by atoms with Gasteiger partial charge < -0.3 is 15.5 Å². The first-order valence-electron chi connectivity index (χ1n) is 11.0. The van der Waals surface area contributed by atoms with Gasteiger partial charge in [0.1, 0.15) is 0 Å². The maximum Gasteiger partial charge on any atom is 0.238 e. The normalized spacial score (nSPS) is 15.2.